The van der Waals surface area contributed by atoms with Crippen molar-refractivity contribution in [2.24, 2.45) is 5.92 Å². The molecule has 0 unspecified atom stereocenters. The summed E-state index contributed by atoms with van der Waals surface area (Å²) in [5.41, 5.74) is 2.16. The molecule has 1 aromatic carbocycles. The Morgan fingerprint density at radius 3 is 2.54 bits per heavy atom. The van der Waals surface area contributed by atoms with Crippen LogP contribution in [0.1, 0.15) is 30.9 Å². The Hall–Kier alpha value is -0.970. The first kappa shape index (κ1) is 21.1. The van der Waals surface area contributed by atoms with Crippen molar-refractivity contribution in [1.29, 1.82) is 0 Å². The summed E-state index contributed by atoms with van der Waals surface area (Å²) in [6.07, 6.45) is 1.75. The molecule has 2 rings (SSSR count). The number of carbonyl (C=O) groups excluding carboxylic acids is 1. The predicted octanol–water partition coefficient (Wildman–Crippen LogP) is 4.03. The lowest BCUT2D eigenvalue weighted by molar-refractivity contribution is -0.149. The number of hydrogen-bond acceptors (Lipinski definition) is 4. The first-order chi connectivity index (χ1) is 11.0. The predicted molar refractivity (Wildman–Crippen MR) is 99.5 cm³/mol. The highest BCUT2D eigenvalue weighted by molar-refractivity contribution is 6.31. The minimum absolute atomic E-state index is 0. The largest absolute Gasteiger partial charge is 0.492 e. The van der Waals surface area contributed by atoms with Crippen molar-refractivity contribution in [2.75, 3.05) is 32.8 Å². The number of benzene rings is 1. The molecule has 0 saturated carbocycles. The van der Waals surface area contributed by atoms with E-state index in [1.165, 1.54) is 0 Å². The van der Waals surface area contributed by atoms with Crippen LogP contribution in [0.25, 0.3) is 0 Å². The molecule has 0 radical (unpaired) electrons. The van der Waals surface area contributed by atoms with Gasteiger partial charge >= 0.3 is 5.97 Å². The van der Waals surface area contributed by atoms with Gasteiger partial charge in [-0.3, -0.25) is 9.69 Å². The number of ether oxygens (including phenoxy) is 2. The monoisotopic (exact) mass is 375 g/mol. The number of esters is 1. The molecule has 1 fully saturated rings. The number of halogens is 2. The van der Waals surface area contributed by atoms with E-state index in [4.69, 9.17) is 21.1 Å². The Bertz CT molecular complexity index is 543. The Kier molecular flexibility index (Phi) is 8.88. The van der Waals surface area contributed by atoms with Gasteiger partial charge in [0.2, 0.25) is 0 Å². The number of hydrogen-bond donors (Lipinski definition) is 0. The standard InChI is InChI=1S/C18H26ClNO3.ClH/c1-4-22-18(21)15-7-9-20(10-8-15)11-12-23-17-6-5-16(19)13(2)14(17)3;/h5-6,15H,4,7-12H2,1-3H3;1H. The zero-order valence-electron chi connectivity index (χ0n) is 14.6. The van der Waals surface area contributed by atoms with Crippen molar-refractivity contribution >= 4 is 30.0 Å². The molecular formula is C18H27Cl2NO3. The van der Waals surface area contributed by atoms with E-state index in [1.807, 2.05) is 32.9 Å². The van der Waals surface area contributed by atoms with E-state index in [1.54, 1.807) is 0 Å². The van der Waals surface area contributed by atoms with Crippen molar-refractivity contribution in [2.45, 2.75) is 33.6 Å². The van der Waals surface area contributed by atoms with Crippen LogP contribution in [0, 0.1) is 19.8 Å². The number of piperidine rings is 1. The summed E-state index contributed by atoms with van der Waals surface area (Å²) in [6, 6.07) is 3.81. The van der Waals surface area contributed by atoms with Gasteiger partial charge in [0.25, 0.3) is 0 Å². The van der Waals surface area contributed by atoms with Gasteiger partial charge in [0.05, 0.1) is 12.5 Å². The fourth-order valence-electron chi connectivity index (χ4n) is 2.86. The molecule has 0 N–H and O–H groups in total. The van der Waals surface area contributed by atoms with Gasteiger partial charge < -0.3 is 9.47 Å². The van der Waals surface area contributed by atoms with Gasteiger partial charge in [-0.15, -0.1) is 12.4 Å². The fraction of sp³-hybridized carbons (Fsp3) is 0.611. The lowest BCUT2D eigenvalue weighted by Crippen LogP contribution is -2.39. The van der Waals surface area contributed by atoms with Crippen LogP contribution < -0.4 is 4.74 Å². The van der Waals surface area contributed by atoms with E-state index in [0.29, 0.717) is 13.2 Å². The summed E-state index contributed by atoms with van der Waals surface area (Å²) in [5.74, 6) is 0.914. The Labute approximate surface area is 155 Å². The summed E-state index contributed by atoms with van der Waals surface area (Å²) >= 11 is 6.10. The fourth-order valence-corrected chi connectivity index (χ4v) is 3.06. The van der Waals surface area contributed by atoms with Crippen LogP contribution in [-0.2, 0) is 9.53 Å². The molecule has 1 aromatic rings. The first-order valence-electron chi connectivity index (χ1n) is 8.30. The van der Waals surface area contributed by atoms with Crippen LogP contribution in [0.5, 0.6) is 5.75 Å². The summed E-state index contributed by atoms with van der Waals surface area (Å²) in [6.45, 7) is 9.71. The molecule has 136 valence electrons. The third kappa shape index (κ3) is 5.54. The molecule has 0 aliphatic carbocycles. The van der Waals surface area contributed by atoms with Crippen molar-refractivity contribution in [3.63, 3.8) is 0 Å². The number of likely N-dealkylation sites (tertiary alicyclic amines) is 1. The van der Waals surface area contributed by atoms with Gasteiger partial charge in [-0.1, -0.05) is 11.6 Å². The molecule has 0 amide bonds. The molecule has 0 bridgehead atoms. The second-order valence-corrected chi connectivity index (χ2v) is 6.42. The SMILES string of the molecule is CCOC(=O)C1CCN(CCOc2ccc(Cl)c(C)c2C)CC1.Cl. The zero-order valence-corrected chi connectivity index (χ0v) is 16.2. The number of carbonyl (C=O) groups is 1. The van der Waals surface area contributed by atoms with E-state index >= 15 is 0 Å². The van der Waals surface area contributed by atoms with E-state index in [-0.39, 0.29) is 24.3 Å². The minimum Gasteiger partial charge on any atom is -0.492 e. The molecule has 6 heteroatoms. The molecule has 0 atom stereocenters. The second kappa shape index (κ2) is 10.1. The van der Waals surface area contributed by atoms with E-state index in [2.05, 4.69) is 4.90 Å². The topological polar surface area (TPSA) is 38.8 Å². The molecule has 0 spiro atoms. The van der Waals surface area contributed by atoms with Gasteiger partial charge in [0, 0.05) is 11.6 Å². The third-order valence-corrected chi connectivity index (χ3v) is 4.95. The van der Waals surface area contributed by atoms with E-state index < -0.39 is 0 Å². The Balaban J connectivity index is 0.00000288. The molecule has 0 aromatic heterocycles. The second-order valence-electron chi connectivity index (χ2n) is 6.01. The number of rotatable bonds is 6. The van der Waals surface area contributed by atoms with Crippen molar-refractivity contribution in [3.05, 3.63) is 28.3 Å². The van der Waals surface area contributed by atoms with Crippen LogP contribution in [0.3, 0.4) is 0 Å². The average molecular weight is 376 g/mol. The van der Waals surface area contributed by atoms with Crippen LogP contribution >= 0.6 is 24.0 Å². The van der Waals surface area contributed by atoms with Gasteiger partial charge in [0.1, 0.15) is 12.4 Å². The molecule has 1 heterocycles. The van der Waals surface area contributed by atoms with Gasteiger partial charge in [-0.25, -0.2) is 0 Å². The Morgan fingerprint density at radius 1 is 1.25 bits per heavy atom. The molecular weight excluding hydrogens is 349 g/mol. The normalized spacial score (nSPS) is 15.7. The van der Waals surface area contributed by atoms with E-state index in [9.17, 15) is 4.79 Å². The smallest absolute Gasteiger partial charge is 0.309 e. The number of nitrogens with zero attached hydrogens (tertiary/aromatic N) is 1. The molecule has 1 aliphatic heterocycles. The highest BCUT2D eigenvalue weighted by Crippen LogP contribution is 2.27. The maximum atomic E-state index is 11.7. The lowest BCUT2D eigenvalue weighted by atomic mass is 9.97. The summed E-state index contributed by atoms with van der Waals surface area (Å²) in [5, 5.41) is 0.774. The van der Waals surface area contributed by atoms with Crippen molar-refractivity contribution in [1.82, 2.24) is 4.90 Å². The Morgan fingerprint density at radius 2 is 1.92 bits per heavy atom. The van der Waals surface area contributed by atoms with Gasteiger partial charge in [-0.2, -0.15) is 0 Å². The van der Waals surface area contributed by atoms with Gasteiger partial charge in [-0.05, 0) is 70.0 Å². The molecule has 1 aliphatic rings. The highest BCUT2D eigenvalue weighted by Gasteiger charge is 2.25. The minimum atomic E-state index is -0.0457. The van der Waals surface area contributed by atoms with Crippen LogP contribution in [0.15, 0.2) is 12.1 Å². The maximum absolute atomic E-state index is 11.7. The summed E-state index contributed by atoms with van der Waals surface area (Å²) < 4.78 is 11.0. The first-order valence-corrected chi connectivity index (χ1v) is 8.68. The van der Waals surface area contributed by atoms with E-state index in [0.717, 1.165) is 54.4 Å². The molecule has 1 saturated heterocycles. The van der Waals surface area contributed by atoms with Crippen molar-refractivity contribution in [3.8, 4) is 5.75 Å². The molecule has 4 nitrogen and oxygen atoms in total. The van der Waals surface area contributed by atoms with Gasteiger partial charge in [0.15, 0.2) is 0 Å². The van der Waals surface area contributed by atoms with Crippen LogP contribution in [0.2, 0.25) is 5.02 Å². The van der Waals surface area contributed by atoms with Crippen LogP contribution in [-0.4, -0.2) is 43.7 Å². The maximum Gasteiger partial charge on any atom is 0.309 e. The summed E-state index contributed by atoms with van der Waals surface area (Å²) in [4.78, 5) is 14.1. The van der Waals surface area contributed by atoms with Crippen molar-refractivity contribution < 1.29 is 14.3 Å². The lowest BCUT2D eigenvalue weighted by Gasteiger charge is -2.30. The molecule has 24 heavy (non-hydrogen) atoms. The average Bonchev–Trinajstić information content (AvgIpc) is 2.55. The summed E-state index contributed by atoms with van der Waals surface area (Å²) in [7, 11) is 0. The third-order valence-electron chi connectivity index (χ3n) is 4.54. The highest BCUT2D eigenvalue weighted by atomic mass is 35.5. The zero-order chi connectivity index (χ0) is 16.8. The van der Waals surface area contributed by atoms with Crippen LogP contribution in [0.4, 0.5) is 0 Å². The quantitative estimate of drug-likeness (QED) is 0.703.